The van der Waals surface area contributed by atoms with E-state index in [2.05, 4.69) is 43.1 Å². The lowest BCUT2D eigenvalue weighted by Gasteiger charge is -2.49. The van der Waals surface area contributed by atoms with Gasteiger partial charge in [0, 0.05) is 26.2 Å². The maximum atomic E-state index is 3.45. The molecule has 0 aromatic carbocycles. The van der Waals surface area contributed by atoms with E-state index in [1.165, 1.54) is 12.8 Å². The highest BCUT2D eigenvalue weighted by molar-refractivity contribution is 4.87. The predicted octanol–water partition coefficient (Wildman–Crippen LogP) is 0.970. The molecule has 0 bridgehead atoms. The summed E-state index contributed by atoms with van der Waals surface area (Å²) in [4.78, 5) is 5.00. The molecule has 0 saturated carbocycles. The molecule has 1 N–H and O–H groups in total. The van der Waals surface area contributed by atoms with Crippen molar-refractivity contribution < 1.29 is 0 Å². The van der Waals surface area contributed by atoms with Crippen LogP contribution in [0.3, 0.4) is 0 Å². The molecule has 0 amide bonds. The highest BCUT2D eigenvalue weighted by Gasteiger charge is 2.35. The molecule has 14 heavy (non-hydrogen) atoms. The Morgan fingerprint density at radius 2 is 1.43 bits per heavy atom. The zero-order valence-electron chi connectivity index (χ0n) is 10.1. The van der Waals surface area contributed by atoms with E-state index >= 15 is 0 Å². The van der Waals surface area contributed by atoms with Crippen LogP contribution in [0.2, 0.25) is 0 Å². The number of likely N-dealkylation sites (N-methyl/N-ethyl adjacent to an activating group) is 2. The molecule has 0 aromatic rings. The van der Waals surface area contributed by atoms with Crippen molar-refractivity contribution in [3.63, 3.8) is 0 Å². The van der Waals surface area contributed by atoms with E-state index in [1.54, 1.807) is 0 Å². The number of hydrogen-bond donors (Lipinski definition) is 1. The van der Waals surface area contributed by atoms with Gasteiger partial charge in [0.25, 0.3) is 0 Å². The van der Waals surface area contributed by atoms with Crippen LogP contribution in [0.15, 0.2) is 0 Å². The molecule has 1 saturated heterocycles. The summed E-state index contributed by atoms with van der Waals surface area (Å²) in [5.74, 6) is 0. The molecule has 3 heteroatoms. The van der Waals surface area contributed by atoms with Crippen LogP contribution in [0.5, 0.6) is 0 Å². The van der Waals surface area contributed by atoms with Crippen molar-refractivity contribution in [3.05, 3.63) is 0 Å². The number of hydrogen-bond acceptors (Lipinski definition) is 3. The second-order valence-electron chi connectivity index (χ2n) is 4.28. The average Bonchev–Trinajstić information content (AvgIpc) is 2.18. The maximum Gasteiger partial charge on any atom is 0.0728 e. The van der Waals surface area contributed by atoms with E-state index < -0.39 is 0 Å². The van der Waals surface area contributed by atoms with Crippen molar-refractivity contribution in [2.75, 3.05) is 40.3 Å². The first kappa shape index (κ1) is 12.0. The first-order valence-corrected chi connectivity index (χ1v) is 5.80. The summed E-state index contributed by atoms with van der Waals surface area (Å²) in [5.41, 5.74) is 0.280. The van der Waals surface area contributed by atoms with Gasteiger partial charge in [-0.05, 0) is 26.9 Å². The van der Waals surface area contributed by atoms with E-state index in [-0.39, 0.29) is 5.66 Å². The van der Waals surface area contributed by atoms with Crippen molar-refractivity contribution in [3.8, 4) is 0 Å². The highest BCUT2D eigenvalue weighted by Crippen LogP contribution is 2.26. The molecule has 84 valence electrons. The highest BCUT2D eigenvalue weighted by atomic mass is 15.4. The normalized spacial score (nSPS) is 25.7. The Kier molecular flexibility index (Phi) is 4.35. The SMILES string of the molecule is CCC1(CC)N(C)CCNCCN1C. The van der Waals surface area contributed by atoms with Gasteiger partial charge in [-0.2, -0.15) is 0 Å². The molecule has 1 rings (SSSR count). The summed E-state index contributed by atoms with van der Waals surface area (Å²) in [6.45, 7) is 9.12. The minimum Gasteiger partial charge on any atom is -0.314 e. The van der Waals surface area contributed by atoms with Gasteiger partial charge < -0.3 is 5.32 Å². The quantitative estimate of drug-likeness (QED) is 0.715. The molecule has 0 spiro atoms. The fraction of sp³-hybridized carbons (Fsp3) is 1.00. The van der Waals surface area contributed by atoms with E-state index in [4.69, 9.17) is 0 Å². The van der Waals surface area contributed by atoms with Crippen molar-refractivity contribution >= 4 is 0 Å². The van der Waals surface area contributed by atoms with Crippen molar-refractivity contribution in [1.29, 1.82) is 0 Å². The van der Waals surface area contributed by atoms with E-state index in [0.29, 0.717) is 0 Å². The molecular weight excluding hydrogens is 174 g/mol. The van der Waals surface area contributed by atoms with Crippen LogP contribution in [-0.4, -0.2) is 55.7 Å². The van der Waals surface area contributed by atoms with Crippen LogP contribution in [0, 0.1) is 0 Å². The Hall–Kier alpha value is -0.120. The zero-order chi connectivity index (χ0) is 10.6. The lowest BCUT2D eigenvalue weighted by atomic mass is 9.99. The fourth-order valence-electron chi connectivity index (χ4n) is 2.66. The molecule has 0 atom stereocenters. The molecular formula is C11H25N3. The van der Waals surface area contributed by atoms with Crippen molar-refractivity contribution in [1.82, 2.24) is 15.1 Å². The topological polar surface area (TPSA) is 18.5 Å². The van der Waals surface area contributed by atoms with E-state index in [0.717, 1.165) is 26.2 Å². The Morgan fingerprint density at radius 1 is 1.00 bits per heavy atom. The first-order chi connectivity index (χ1) is 6.67. The van der Waals surface area contributed by atoms with Crippen LogP contribution >= 0.6 is 0 Å². The summed E-state index contributed by atoms with van der Waals surface area (Å²) in [6, 6.07) is 0. The first-order valence-electron chi connectivity index (χ1n) is 5.80. The molecule has 3 nitrogen and oxygen atoms in total. The lowest BCUT2D eigenvalue weighted by Crippen LogP contribution is -2.61. The second-order valence-corrected chi connectivity index (χ2v) is 4.28. The maximum absolute atomic E-state index is 3.45. The molecule has 0 unspecified atom stereocenters. The Morgan fingerprint density at radius 3 is 1.79 bits per heavy atom. The van der Waals surface area contributed by atoms with Gasteiger partial charge in [0.1, 0.15) is 0 Å². The fourth-order valence-corrected chi connectivity index (χ4v) is 2.66. The van der Waals surface area contributed by atoms with Crippen LogP contribution in [0.25, 0.3) is 0 Å². The Bertz CT molecular complexity index is 152. The van der Waals surface area contributed by atoms with Gasteiger partial charge in [0.15, 0.2) is 0 Å². The molecule has 0 aliphatic carbocycles. The molecule has 1 fully saturated rings. The molecule has 0 radical (unpaired) electrons. The number of nitrogens with one attached hydrogen (secondary N) is 1. The largest absolute Gasteiger partial charge is 0.314 e. The van der Waals surface area contributed by atoms with Gasteiger partial charge in [0.2, 0.25) is 0 Å². The van der Waals surface area contributed by atoms with Crippen LogP contribution in [0.1, 0.15) is 26.7 Å². The summed E-state index contributed by atoms with van der Waals surface area (Å²) >= 11 is 0. The van der Waals surface area contributed by atoms with E-state index in [9.17, 15) is 0 Å². The van der Waals surface area contributed by atoms with Crippen LogP contribution in [-0.2, 0) is 0 Å². The smallest absolute Gasteiger partial charge is 0.0728 e. The lowest BCUT2D eigenvalue weighted by molar-refractivity contribution is -0.0419. The average molecular weight is 199 g/mol. The minimum atomic E-state index is 0.280. The van der Waals surface area contributed by atoms with Crippen molar-refractivity contribution in [2.45, 2.75) is 32.4 Å². The molecule has 1 heterocycles. The van der Waals surface area contributed by atoms with Gasteiger partial charge in [-0.25, -0.2) is 0 Å². The third-order valence-corrected chi connectivity index (χ3v) is 3.80. The molecule has 1 aliphatic heterocycles. The Balaban J connectivity index is 2.79. The number of rotatable bonds is 2. The van der Waals surface area contributed by atoms with Gasteiger partial charge in [-0.1, -0.05) is 13.8 Å². The standard InChI is InChI=1S/C11H25N3/c1-5-11(6-2)13(3)9-7-12-8-10-14(11)4/h12H,5-10H2,1-4H3. The summed E-state index contributed by atoms with van der Waals surface area (Å²) < 4.78 is 0. The molecule has 0 aromatic heterocycles. The van der Waals surface area contributed by atoms with Crippen LogP contribution < -0.4 is 5.32 Å². The minimum absolute atomic E-state index is 0.280. The number of nitrogens with zero attached hydrogens (tertiary/aromatic N) is 2. The Labute approximate surface area is 88.5 Å². The summed E-state index contributed by atoms with van der Waals surface area (Å²) in [6.07, 6.45) is 2.41. The third kappa shape index (κ3) is 2.10. The molecule has 1 aliphatic rings. The van der Waals surface area contributed by atoms with Crippen molar-refractivity contribution in [2.24, 2.45) is 0 Å². The monoisotopic (exact) mass is 199 g/mol. The third-order valence-electron chi connectivity index (χ3n) is 3.80. The van der Waals surface area contributed by atoms with E-state index in [1.807, 2.05) is 0 Å². The summed E-state index contributed by atoms with van der Waals surface area (Å²) in [5, 5.41) is 3.45. The predicted molar refractivity (Wildman–Crippen MR) is 61.4 cm³/mol. The zero-order valence-corrected chi connectivity index (χ0v) is 10.1. The van der Waals surface area contributed by atoms with Gasteiger partial charge in [0.05, 0.1) is 5.66 Å². The summed E-state index contributed by atoms with van der Waals surface area (Å²) in [7, 11) is 4.49. The second kappa shape index (κ2) is 5.10. The van der Waals surface area contributed by atoms with Gasteiger partial charge in [-0.15, -0.1) is 0 Å². The van der Waals surface area contributed by atoms with Gasteiger partial charge >= 0.3 is 0 Å². The van der Waals surface area contributed by atoms with Gasteiger partial charge in [-0.3, -0.25) is 9.80 Å². The van der Waals surface area contributed by atoms with Crippen LogP contribution in [0.4, 0.5) is 0 Å².